The molecule has 0 fully saturated rings. The van der Waals surface area contributed by atoms with Gasteiger partial charge >= 0.3 is 0 Å². The molecule has 1 nitrogen and oxygen atoms in total. The average Bonchev–Trinajstić information content (AvgIpc) is 2.32. The van der Waals surface area contributed by atoms with E-state index in [9.17, 15) is 0 Å². The van der Waals surface area contributed by atoms with Gasteiger partial charge in [-0.05, 0) is 28.4 Å². The van der Waals surface area contributed by atoms with E-state index in [1.54, 1.807) is 0 Å². The fourth-order valence-electron chi connectivity index (χ4n) is 3.05. The van der Waals surface area contributed by atoms with E-state index in [1.807, 2.05) is 6.07 Å². The van der Waals surface area contributed by atoms with Crippen LogP contribution in [0.5, 0.6) is 0 Å². The maximum absolute atomic E-state index is 7.06. The summed E-state index contributed by atoms with van der Waals surface area (Å²) in [5.74, 6) is 0. The van der Waals surface area contributed by atoms with Crippen molar-refractivity contribution in [1.29, 1.82) is 0 Å². The van der Waals surface area contributed by atoms with E-state index < -0.39 is 0 Å². The van der Waals surface area contributed by atoms with Gasteiger partial charge in [0.2, 0.25) is 0 Å². The second-order valence-corrected chi connectivity index (χ2v) is 5.79. The molecular weight excluding hydrogens is 182 g/mol. The largest absolute Gasteiger partial charge is 0.238 e. The van der Waals surface area contributed by atoms with Crippen molar-refractivity contribution in [2.24, 2.45) is 0 Å². The van der Waals surface area contributed by atoms with Gasteiger partial charge in [-0.1, -0.05) is 45.9 Å². The topological polar surface area (TPSA) is 4.36 Å². The molecule has 1 aromatic carbocycles. The second kappa shape index (κ2) is 2.85. The number of hydrogen-bond acceptors (Lipinski definition) is 0. The highest BCUT2D eigenvalue weighted by atomic mass is 14.6. The highest BCUT2D eigenvalue weighted by molar-refractivity contribution is 5.55. The van der Waals surface area contributed by atoms with Gasteiger partial charge in [-0.2, -0.15) is 0 Å². The molecule has 0 amide bonds. The maximum Gasteiger partial charge on any atom is 0.187 e. The first-order valence-electron chi connectivity index (χ1n) is 5.39. The van der Waals surface area contributed by atoms with E-state index >= 15 is 0 Å². The van der Waals surface area contributed by atoms with E-state index in [1.165, 1.54) is 11.1 Å². The van der Waals surface area contributed by atoms with Crippen LogP contribution in [0.15, 0.2) is 18.2 Å². The Balaban J connectivity index is 2.67. The van der Waals surface area contributed by atoms with Gasteiger partial charge in [0.1, 0.15) is 0 Å². The normalized spacial score (nSPS) is 20.7. The molecule has 0 radical (unpaired) electrons. The highest BCUT2D eigenvalue weighted by Crippen LogP contribution is 2.49. The Bertz CT molecular complexity index is 447. The molecule has 0 bridgehead atoms. The smallest absolute Gasteiger partial charge is 0.187 e. The summed E-state index contributed by atoms with van der Waals surface area (Å²) in [5.41, 5.74) is 4.00. The number of fused-ring (bicyclic) bond motifs is 1. The summed E-state index contributed by atoms with van der Waals surface area (Å²) in [5, 5.41) is 0. The van der Waals surface area contributed by atoms with Crippen molar-refractivity contribution in [3.63, 3.8) is 0 Å². The van der Waals surface area contributed by atoms with Crippen LogP contribution in [0.3, 0.4) is 0 Å². The third-order valence-electron chi connectivity index (χ3n) is 3.47. The Kier molecular flexibility index (Phi) is 1.95. The Morgan fingerprint density at radius 3 is 2.27 bits per heavy atom. The maximum atomic E-state index is 7.06. The third-order valence-corrected chi connectivity index (χ3v) is 3.47. The van der Waals surface area contributed by atoms with Crippen LogP contribution >= 0.6 is 0 Å². The molecule has 1 aromatic rings. The van der Waals surface area contributed by atoms with Gasteiger partial charge in [0, 0.05) is 0 Å². The fourth-order valence-corrected chi connectivity index (χ4v) is 3.05. The van der Waals surface area contributed by atoms with E-state index in [-0.39, 0.29) is 10.8 Å². The molecule has 0 saturated carbocycles. The molecule has 0 aromatic heterocycles. The summed E-state index contributed by atoms with van der Waals surface area (Å²) in [6.45, 7) is 16.2. The van der Waals surface area contributed by atoms with Crippen LogP contribution in [-0.2, 0) is 10.8 Å². The summed E-state index contributed by atoms with van der Waals surface area (Å²) < 4.78 is 0. The quantitative estimate of drug-likeness (QED) is 0.552. The number of benzene rings is 1. The van der Waals surface area contributed by atoms with Crippen molar-refractivity contribution in [1.82, 2.24) is 0 Å². The summed E-state index contributed by atoms with van der Waals surface area (Å²) in [7, 11) is 0. The molecule has 1 heteroatoms. The molecule has 0 heterocycles. The van der Waals surface area contributed by atoms with E-state index in [2.05, 4.69) is 44.7 Å². The zero-order valence-corrected chi connectivity index (χ0v) is 9.89. The minimum atomic E-state index is 0.208. The Morgan fingerprint density at radius 2 is 1.67 bits per heavy atom. The van der Waals surface area contributed by atoms with E-state index in [4.69, 9.17) is 6.57 Å². The molecule has 2 rings (SSSR count). The molecule has 0 atom stereocenters. The van der Waals surface area contributed by atoms with Crippen molar-refractivity contribution < 1.29 is 0 Å². The van der Waals surface area contributed by atoms with Crippen molar-refractivity contribution in [3.8, 4) is 0 Å². The van der Waals surface area contributed by atoms with Crippen LogP contribution in [0.2, 0.25) is 0 Å². The van der Waals surface area contributed by atoms with Crippen LogP contribution in [0.25, 0.3) is 4.85 Å². The predicted octanol–water partition coefficient (Wildman–Crippen LogP) is 4.20. The molecule has 0 spiro atoms. The van der Waals surface area contributed by atoms with Gasteiger partial charge in [0.05, 0.1) is 6.57 Å². The van der Waals surface area contributed by atoms with Crippen LogP contribution in [-0.4, -0.2) is 0 Å². The lowest BCUT2D eigenvalue weighted by atomic mass is 9.82. The van der Waals surface area contributed by atoms with Gasteiger partial charge in [-0.15, -0.1) is 0 Å². The molecule has 0 N–H and O–H groups in total. The van der Waals surface area contributed by atoms with Gasteiger partial charge < -0.3 is 0 Å². The van der Waals surface area contributed by atoms with E-state index in [0.717, 1.165) is 12.1 Å². The monoisotopic (exact) mass is 199 g/mol. The van der Waals surface area contributed by atoms with Crippen molar-refractivity contribution >= 4 is 5.69 Å². The van der Waals surface area contributed by atoms with Gasteiger partial charge in [0.25, 0.3) is 0 Å². The standard InChI is InChI=1S/C14H17N/c1-13(2)9-14(3,4)12-8-10(15-5)6-7-11(12)13/h6-8H,9H2,1-4H3. The van der Waals surface area contributed by atoms with E-state index in [0.29, 0.717) is 0 Å². The number of hydrogen-bond donors (Lipinski definition) is 0. The zero-order chi connectivity index (χ0) is 11.3. The summed E-state index contributed by atoms with van der Waals surface area (Å²) in [4.78, 5) is 3.51. The summed E-state index contributed by atoms with van der Waals surface area (Å²) in [6, 6.07) is 6.14. The Morgan fingerprint density at radius 1 is 1.07 bits per heavy atom. The zero-order valence-electron chi connectivity index (χ0n) is 9.89. The molecule has 78 valence electrons. The Labute approximate surface area is 91.9 Å². The van der Waals surface area contributed by atoms with Crippen LogP contribution in [0.1, 0.15) is 45.2 Å². The highest BCUT2D eigenvalue weighted by Gasteiger charge is 2.41. The van der Waals surface area contributed by atoms with Crippen molar-refractivity contribution in [2.75, 3.05) is 0 Å². The predicted molar refractivity (Wildman–Crippen MR) is 63.4 cm³/mol. The van der Waals surface area contributed by atoms with Crippen LogP contribution < -0.4 is 0 Å². The first-order valence-corrected chi connectivity index (χ1v) is 5.39. The SMILES string of the molecule is [C-]#[N+]c1ccc2c(c1)C(C)(C)CC2(C)C. The molecule has 0 unspecified atom stereocenters. The first kappa shape index (κ1) is 10.2. The van der Waals surface area contributed by atoms with Crippen LogP contribution in [0, 0.1) is 6.57 Å². The second-order valence-electron chi connectivity index (χ2n) is 5.79. The minimum Gasteiger partial charge on any atom is -0.238 e. The van der Waals surface area contributed by atoms with Gasteiger partial charge in [0.15, 0.2) is 5.69 Å². The molecule has 1 aliphatic rings. The lowest BCUT2D eigenvalue weighted by molar-refractivity contribution is 0.403. The minimum absolute atomic E-state index is 0.208. The average molecular weight is 199 g/mol. The molecular formula is C14H17N. The van der Waals surface area contributed by atoms with Crippen molar-refractivity contribution in [3.05, 3.63) is 40.7 Å². The van der Waals surface area contributed by atoms with Crippen LogP contribution in [0.4, 0.5) is 5.69 Å². The lowest BCUT2D eigenvalue weighted by Crippen LogP contribution is -2.17. The fraction of sp³-hybridized carbons (Fsp3) is 0.500. The summed E-state index contributed by atoms with van der Waals surface area (Å²) in [6.07, 6.45) is 1.16. The lowest BCUT2D eigenvalue weighted by Gasteiger charge is -2.22. The molecule has 1 aliphatic carbocycles. The third kappa shape index (κ3) is 1.45. The molecule has 0 saturated heterocycles. The Hall–Kier alpha value is -1.29. The number of rotatable bonds is 0. The van der Waals surface area contributed by atoms with Crippen molar-refractivity contribution in [2.45, 2.75) is 44.9 Å². The van der Waals surface area contributed by atoms with Gasteiger partial charge in [-0.3, -0.25) is 0 Å². The first-order chi connectivity index (χ1) is 6.87. The molecule has 15 heavy (non-hydrogen) atoms. The number of nitrogens with zero attached hydrogens (tertiary/aromatic N) is 1. The van der Waals surface area contributed by atoms with Gasteiger partial charge in [-0.25, -0.2) is 4.85 Å². The molecule has 0 aliphatic heterocycles. The summed E-state index contributed by atoms with van der Waals surface area (Å²) >= 11 is 0.